The molecular formula is C33H28Cl2N2O4. The van der Waals surface area contributed by atoms with Crippen molar-refractivity contribution >= 4 is 40.9 Å². The van der Waals surface area contributed by atoms with Gasteiger partial charge in [-0.25, -0.2) is 0 Å². The molecule has 0 unspecified atom stereocenters. The molecule has 0 aliphatic rings. The first-order valence-electron chi connectivity index (χ1n) is 12.7. The molecule has 0 saturated heterocycles. The molecule has 0 aliphatic carbocycles. The van der Waals surface area contributed by atoms with Gasteiger partial charge in [-0.15, -0.1) is 0 Å². The number of benzene rings is 4. The number of carbonyl (C=O) groups is 1. The number of amides is 1. The van der Waals surface area contributed by atoms with Crippen LogP contribution in [0.5, 0.6) is 17.2 Å². The Morgan fingerprint density at radius 2 is 1.59 bits per heavy atom. The lowest BCUT2D eigenvalue weighted by Crippen LogP contribution is -2.14. The van der Waals surface area contributed by atoms with E-state index in [1.54, 1.807) is 25.3 Å². The molecule has 0 spiro atoms. The maximum Gasteiger partial charge on any atom is 0.266 e. The lowest BCUT2D eigenvalue weighted by Gasteiger charge is -2.14. The molecule has 0 saturated carbocycles. The average molecular weight is 588 g/mol. The zero-order valence-corrected chi connectivity index (χ0v) is 24.3. The van der Waals surface area contributed by atoms with Crippen molar-refractivity contribution in [3.05, 3.63) is 122 Å². The molecule has 0 bridgehead atoms. The van der Waals surface area contributed by atoms with Gasteiger partial charge in [0.25, 0.3) is 5.91 Å². The first kappa shape index (κ1) is 29.5. The molecule has 41 heavy (non-hydrogen) atoms. The van der Waals surface area contributed by atoms with Crippen LogP contribution in [0.1, 0.15) is 27.8 Å². The van der Waals surface area contributed by atoms with E-state index in [1.807, 2.05) is 80.6 Å². The number of aryl methyl sites for hydroxylation is 1. The summed E-state index contributed by atoms with van der Waals surface area (Å²) in [5.74, 6) is 0.941. The van der Waals surface area contributed by atoms with Gasteiger partial charge in [-0.3, -0.25) is 4.79 Å². The number of anilines is 1. The highest BCUT2D eigenvalue weighted by Gasteiger charge is 2.15. The fourth-order valence-corrected chi connectivity index (χ4v) is 4.62. The Morgan fingerprint density at radius 3 is 2.27 bits per heavy atom. The van der Waals surface area contributed by atoms with E-state index in [4.69, 9.17) is 37.4 Å². The Bertz CT molecular complexity index is 1610. The minimum absolute atomic E-state index is 0.0895. The largest absolute Gasteiger partial charge is 0.493 e. The number of hydrogen-bond acceptors (Lipinski definition) is 5. The number of methoxy groups -OCH3 is 1. The summed E-state index contributed by atoms with van der Waals surface area (Å²) in [6, 6.07) is 26.1. The lowest BCUT2D eigenvalue weighted by atomic mass is 10.1. The third-order valence-electron chi connectivity index (χ3n) is 6.40. The summed E-state index contributed by atoms with van der Waals surface area (Å²) >= 11 is 13.0. The number of carbonyl (C=O) groups excluding carboxylic acids is 1. The highest BCUT2D eigenvalue weighted by Crippen LogP contribution is 2.36. The second-order valence-corrected chi connectivity index (χ2v) is 10.0. The number of ether oxygens (including phenoxy) is 3. The third-order valence-corrected chi connectivity index (χ3v) is 6.96. The molecule has 0 atom stereocenters. The molecule has 4 aromatic rings. The van der Waals surface area contributed by atoms with Gasteiger partial charge in [0.05, 0.1) is 17.2 Å². The van der Waals surface area contributed by atoms with Crippen LogP contribution in [0.15, 0.2) is 84.4 Å². The van der Waals surface area contributed by atoms with E-state index in [1.165, 1.54) is 6.08 Å². The van der Waals surface area contributed by atoms with Crippen LogP contribution in [0.3, 0.4) is 0 Å². The molecule has 1 N–H and O–H groups in total. The quantitative estimate of drug-likeness (QED) is 0.149. The number of nitrogens with one attached hydrogen (secondary N) is 1. The number of hydrogen-bond donors (Lipinski definition) is 1. The standard InChI is InChI=1S/C33H28Cl2N2O4/c1-21-8-7-11-29(22(21)2)37-33(38)26(18-36)14-25-15-27(34)32(28(35)16-25)41-20-24-12-13-30(31(17-24)39-3)40-19-23-9-5-4-6-10-23/h4-17H,19-20H2,1-3H3,(H,37,38)/b26-14-. The molecule has 4 aromatic carbocycles. The van der Waals surface area contributed by atoms with Crippen molar-refractivity contribution in [3.63, 3.8) is 0 Å². The topological polar surface area (TPSA) is 80.6 Å². The zero-order chi connectivity index (χ0) is 29.4. The van der Waals surface area contributed by atoms with Gasteiger partial charge in [0.1, 0.15) is 24.9 Å². The van der Waals surface area contributed by atoms with Crippen LogP contribution >= 0.6 is 23.2 Å². The van der Waals surface area contributed by atoms with Gasteiger partial charge in [0.2, 0.25) is 0 Å². The second-order valence-electron chi connectivity index (χ2n) is 9.23. The highest BCUT2D eigenvalue weighted by molar-refractivity contribution is 6.37. The fraction of sp³-hybridized carbons (Fsp3) is 0.152. The van der Waals surface area contributed by atoms with Crippen LogP contribution in [-0.4, -0.2) is 13.0 Å². The molecule has 0 aliphatic heterocycles. The first-order valence-corrected chi connectivity index (χ1v) is 13.5. The van der Waals surface area contributed by atoms with Gasteiger partial charge in [0.15, 0.2) is 17.2 Å². The van der Waals surface area contributed by atoms with E-state index in [0.717, 1.165) is 22.3 Å². The minimum Gasteiger partial charge on any atom is -0.493 e. The predicted octanol–water partition coefficient (Wildman–Crippen LogP) is 8.32. The fourth-order valence-electron chi connectivity index (χ4n) is 4.00. The average Bonchev–Trinajstić information content (AvgIpc) is 2.97. The van der Waals surface area contributed by atoms with Crippen LogP contribution in [0.2, 0.25) is 10.0 Å². The van der Waals surface area contributed by atoms with E-state index < -0.39 is 5.91 Å². The van der Waals surface area contributed by atoms with E-state index in [2.05, 4.69) is 5.32 Å². The normalized spacial score (nSPS) is 11.0. The van der Waals surface area contributed by atoms with E-state index in [0.29, 0.717) is 29.4 Å². The summed E-state index contributed by atoms with van der Waals surface area (Å²) in [6.07, 6.45) is 1.43. The summed E-state index contributed by atoms with van der Waals surface area (Å²) < 4.78 is 17.4. The van der Waals surface area contributed by atoms with Crippen LogP contribution in [-0.2, 0) is 18.0 Å². The summed E-state index contributed by atoms with van der Waals surface area (Å²) in [5, 5.41) is 12.9. The van der Waals surface area contributed by atoms with Crippen molar-refractivity contribution in [1.29, 1.82) is 5.26 Å². The molecular weight excluding hydrogens is 559 g/mol. The molecule has 6 nitrogen and oxygen atoms in total. The van der Waals surface area contributed by atoms with Crippen LogP contribution < -0.4 is 19.5 Å². The Labute approximate surface area is 249 Å². The smallest absolute Gasteiger partial charge is 0.266 e. The van der Waals surface area contributed by atoms with Crippen molar-refractivity contribution in [2.45, 2.75) is 27.1 Å². The SMILES string of the molecule is COc1cc(COc2c(Cl)cc(/C=C(/C#N)C(=O)Nc3cccc(C)c3C)cc2Cl)ccc1OCc1ccccc1. The Balaban J connectivity index is 1.44. The van der Waals surface area contributed by atoms with Crippen molar-refractivity contribution in [3.8, 4) is 23.3 Å². The van der Waals surface area contributed by atoms with E-state index in [-0.39, 0.29) is 28.0 Å². The number of nitriles is 1. The maximum absolute atomic E-state index is 12.8. The van der Waals surface area contributed by atoms with Crippen molar-refractivity contribution < 1.29 is 19.0 Å². The first-order chi connectivity index (χ1) is 19.8. The van der Waals surface area contributed by atoms with Crippen molar-refractivity contribution in [2.75, 3.05) is 12.4 Å². The Kier molecular flexibility index (Phi) is 9.91. The van der Waals surface area contributed by atoms with Gasteiger partial charge in [-0.05, 0) is 78.1 Å². The minimum atomic E-state index is -0.529. The van der Waals surface area contributed by atoms with Crippen LogP contribution in [0, 0.1) is 25.2 Å². The molecule has 208 valence electrons. The summed E-state index contributed by atoms with van der Waals surface area (Å²) in [5.41, 5.74) is 4.87. The van der Waals surface area contributed by atoms with Crippen molar-refractivity contribution in [1.82, 2.24) is 0 Å². The lowest BCUT2D eigenvalue weighted by molar-refractivity contribution is -0.112. The predicted molar refractivity (Wildman–Crippen MR) is 163 cm³/mol. The summed E-state index contributed by atoms with van der Waals surface area (Å²) in [7, 11) is 1.58. The van der Waals surface area contributed by atoms with E-state index in [9.17, 15) is 10.1 Å². The van der Waals surface area contributed by atoms with Crippen LogP contribution in [0.4, 0.5) is 5.69 Å². The molecule has 8 heteroatoms. The second kappa shape index (κ2) is 13.8. The highest BCUT2D eigenvalue weighted by atomic mass is 35.5. The Morgan fingerprint density at radius 1 is 0.878 bits per heavy atom. The molecule has 0 fully saturated rings. The van der Waals surface area contributed by atoms with Gasteiger partial charge >= 0.3 is 0 Å². The molecule has 0 radical (unpaired) electrons. The van der Waals surface area contributed by atoms with Crippen molar-refractivity contribution in [2.24, 2.45) is 0 Å². The van der Waals surface area contributed by atoms with Gasteiger partial charge in [0, 0.05) is 5.69 Å². The molecule has 0 aromatic heterocycles. The third kappa shape index (κ3) is 7.61. The maximum atomic E-state index is 12.8. The van der Waals surface area contributed by atoms with Gasteiger partial charge in [-0.1, -0.05) is 71.7 Å². The number of halogens is 2. The molecule has 1 amide bonds. The van der Waals surface area contributed by atoms with Crippen LogP contribution in [0.25, 0.3) is 6.08 Å². The zero-order valence-electron chi connectivity index (χ0n) is 22.8. The molecule has 0 heterocycles. The Hall–Kier alpha value is -4.44. The van der Waals surface area contributed by atoms with Gasteiger partial charge in [-0.2, -0.15) is 5.26 Å². The number of rotatable bonds is 10. The monoisotopic (exact) mass is 586 g/mol. The summed E-state index contributed by atoms with van der Waals surface area (Å²) in [4.78, 5) is 12.8. The van der Waals surface area contributed by atoms with E-state index >= 15 is 0 Å². The van der Waals surface area contributed by atoms with Gasteiger partial charge < -0.3 is 19.5 Å². The molecule has 4 rings (SSSR count). The summed E-state index contributed by atoms with van der Waals surface area (Å²) in [6.45, 7) is 4.45. The number of nitrogens with zero attached hydrogens (tertiary/aromatic N) is 1.